The fraction of sp³-hybridized carbons (Fsp3) is 0.417. The van der Waals surface area contributed by atoms with Gasteiger partial charge in [-0.15, -0.1) is 5.11 Å². The van der Waals surface area contributed by atoms with Crippen LogP contribution in [0, 0.1) is 0 Å². The fourth-order valence-corrected chi connectivity index (χ4v) is 1.74. The Morgan fingerprint density at radius 1 is 1.56 bits per heavy atom. The maximum absolute atomic E-state index is 11.4. The van der Waals surface area contributed by atoms with Crippen molar-refractivity contribution in [3.63, 3.8) is 0 Å². The lowest BCUT2D eigenvalue weighted by Gasteiger charge is -2.08. The topological polar surface area (TPSA) is 63.5 Å². The largest absolute Gasteiger partial charge is 0.488 e. The van der Waals surface area contributed by atoms with E-state index in [-0.39, 0.29) is 6.10 Å². The molecule has 18 heavy (non-hydrogen) atoms. The number of hydroxylamine groups is 2. The van der Waals surface area contributed by atoms with E-state index >= 15 is 0 Å². The molecule has 0 saturated heterocycles. The standard InChI is InChI=1S/C12H15N3O3/c1-8-7-9-5-4-6-10(11(9)18-8)13-14-12(16)15(2)17-3/h4-6,8H,7H2,1-3H3/b14-13+. The van der Waals surface area contributed by atoms with Gasteiger partial charge >= 0.3 is 6.03 Å². The van der Waals surface area contributed by atoms with Crippen LogP contribution in [0.3, 0.4) is 0 Å². The van der Waals surface area contributed by atoms with Crippen molar-refractivity contribution in [3.05, 3.63) is 23.8 Å². The summed E-state index contributed by atoms with van der Waals surface area (Å²) in [5, 5.41) is 8.48. The van der Waals surface area contributed by atoms with Gasteiger partial charge in [0.15, 0.2) is 5.75 Å². The van der Waals surface area contributed by atoms with E-state index in [1.54, 1.807) is 6.07 Å². The maximum Gasteiger partial charge on any atom is 0.385 e. The SMILES string of the molecule is CON(C)C(=O)/N=N/c1cccc2c1OC(C)C2. The van der Waals surface area contributed by atoms with E-state index in [4.69, 9.17) is 9.57 Å². The first-order chi connectivity index (χ1) is 8.61. The normalized spacial score (nSPS) is 17.6. The summed E-state index contributed by atoms with van der Waals surface area (Å²) in [6.07, 6.45) is 0.985. The molecule has 2 amide bonds. The van der Waals surface area contributed by atoms with Crippen LogP contribution in [-0.4, -0.2) is 31.4 Å². The Labute approximate surface area is 105 Å². The van der Waals surface area contributed by atoms with Gasteiger partial charge in [-0.05, 0) is 13.0 Å². The Kier molecular flexibility index (Phi) is 3.57. The monoisotopic (exact) mass is 249 g/mol. The molecule has 1 unspecified atom stereocenters. The van der Waals surface area contributed by atoms with Gasteiger partial charge in [0, 0.05) is 19.0 Å². The average Bonchev–Trinajstić information content (AvgIpc) is 2.75. The van der Waals surface area contributed by atoms with Gasteiger partial charge in [-0.2, -0.15) is 0 Å². The molecule has 0 aromatic heterocycles. The summed E-state index contributed by atoms with van der Waals surface area (Å²) in [4.78, 5) is 16.1. The van der Waals surface area contributed by atoms with E-state index in [1.807, 2.05) is 19.1 Å². The summed E-state index contributed by atoms with van der Waals surface area (Å²) in [5.74, 6) is 0.710. The third-order valence-electron chi connectivity index (χ3n) is 2.69. The minimum atomic E-state index is -0.568. The molecule has 0 radical (unpaired) electrons. The fourth-order valence-electron chi connectivity index (χ4n) is 1.74. The number of fused-ring (bicyclic) bond motifs is 1. The minimum absolute atomic E-state index is 0.133. The summed E-state index contributed by atoms with van der Waals surface area (Å²) < 4.78 is 5.65. The van der Waals surface area contributed by atoms with Gasteiger partial charge in [0.25, 0.3) is 0 Å². The number of hydrogen-bond acceptors (Lipinski definition) is 4. The maximum atomic E-state index is 11.4. The molecule has 96 valence electrons. The second-order valence-corrected chi connectivity index (χ2v) is 4.06. The molecule has 6 heteroatoms. The van der Waals surface area contributed by atoms with E-state index in [0.29, 0.717) is 11.4 Å². The first-order valence-corrected chi connectivity index (χ1v) is 5.64. The van der Waals surface area contributed by atoms with Crippen LogP contribution in [0.25, 0.3) is 0 Å². The number of carbonyl (C=O) groups excluding carboxylic acids is 1. The zero-order valence-corrected chi connectivity index (χ0v) is 10.6. The summed E-state index contributed by atoms with van der Waals surface area (Å²) >= 11 is 0. The van der Waals surface area contributed by atoms with Crippen molar-refractivity contribution in [3.8, 4) is 5.75 Å². The number of para-hydroxylation sites is 1. The molecule has 0 fully saturated rings. The second kappa shape index (κ2) is 5.14. The van der Waals surface area contributed by atoms with Gasteiger partial charge in [0.2, 0.25) is 0 Å². The lowest BCUT2D eigenvalue weighted by atomic mass is 10.1. The predicted molar refractivity (Wildman–Crippen MR) is 64.9 cm³/mol. The number of urea groups is 1. The molecule has 1 aromatic carbocycles. The van der Waals surface area contributed by atoms with Crippen LogP contribution in [0.5, 0.6) is 5.75 Å². The molecule has 0 bridgehead atoms. The number of hydrogen-bond donors (Lipinski definition) is 0. The van der Waals surface area contributed by atoms with Crippen LogP contribution in [-0.2, 0) is 11.3 Å². The highest BCUT2D eigenvalue weighted by atomic mass is 16.7. The number of azo groups is 1. The molecule has 6 nitrogen and oxygen atoms in total. The Bertz CT molecular complexity index is 487. The van der Waals surface area contributed by atoms with Gasteiger partial charge in [-0.1, -0.05) is 17.2 Å². The molecule has 1 atom stereocenters. The number of amides is 2. The Morgan fingerprint density at radius 3 is 3.06 bits per heavy atom. The highest BCUT2D eigenvalue weighted by Crippen LogP contribution is 2.37. The summed E-state index contributed by atoms with van der Waals surface area (Å²) in [7, 11) is 2.85. The molecular formula is C12H15N3O3. The van der Waals surface area contributed by atoms with Crippen molar-refractivity contribution in [2.75, 3.05) is 14.2 Å². The van der Waals surface area contributed by atoms with Crippen LogP contribution < -0.4 is 4.74 Å². The van der Waals surface area contributed by atoms with Crippen LogP contribution in [0.4, 0.5) is 10.5 Å². The van der Waals surface area contributed by atoms with E-state index in [0.717, 1.165) is 17.0 Å². The van der Waals surface area contributed by atoms with Crippen molar-refractivity contribution in [1.82, 2.24) is 5.06 Å². The lowest BCUT2D eigenvalue weighted by molar-refractivity contribution is -0.0618. The van der Waals surface area contributed by atoms with Crippen LogP contribution in [0.1, 0.15) is 12.5 Å². The summed E-state index contributed by atoms with van der Waals surface area (Å²) in [6.45, 7) is 1.99. The van der Waals surface area contributed by atoms with Crippen LogP contribution in [0.15, 0.2) is 28.4 Å². The van der Waals surface area contributed by atoms with E-state index < -0.39 is 6.03 Å². The third-order valence-corrected chi connectivity index (χ3v) is 2.69. The highest BCUT2D eigenvalue weighted by molar-refractivity contribution is 5.73. The van der Waals surface area contributed by atoms with E-state index in [1.165, 1.54) is 14.2 Å². The molecular weight excluding hydrogens is 234 g/mol. The first kappa shape index (κ1) is 12.5. The minimum Gasteiger partial charge on any atom is -0.488 e. The Balaban J connectivity index is 2.19. The molecule has 1 aliphatic rings. The number of carbonyl (C=O) groups is 1. The Hall–Kier alpha value is -1.95. The second-order valence-electron chi connectivity index (χ2n) is 4.06. The zero-order chi connectivity index (χ0) is 13.1. The third kappa shape index (κ3) is 2.48. The van der Waals surface area contributed by atoms with Crippen molar-refractivity contribution in [2.45, 2.75) is 19.4 Å². The van der Waals surface area contributed by atoms with Gasteiger partial charge in [-0.25, -0.2) is 9.86 Å². The van der Waals surface area contributed by atoms with Crippen molar-refractivity contribution in [2.24, 2.45) is 10.2 Å². The van der Waals surface area contributed by atoms with E-state index in [9.17, 15) is 4.79 Å². The summed E-state index contributed by atoms with van der Waals surface area (Å²) in [6, 6.07) is 5.06. The van der Waals surface area contributed by atoms with Crippen molar-refractivity contribution in [1.29, 1.82) is 0 Å². The molecule has 0 N–H and O–H groups in total. The lowest BCUT2D eigenvalue weighted by Crippen LogP contribution is -2.21. The molecule has 0 spiro atoms. The number of benzene rings is 1. The van der Waals surface area contributed by atoms with Gasteiger partial charge in [-0.3, -0.25) is 4.84 Å². The van der Waals surface area contributed by atoms with E-state index in [2.05, 4.69) is 10.2 Å². The molecule has 2 rings (SSSR count). The first-order valence-electron chi connectivity index (χ1n) is 5.64. The quantitative estimate of drug-likeness (QED) is 0.598. The highest BCUT2D eigenvalue weighted by Gasteiger charge is 2.21. The Morgan fingerprint density at radius 2 is 2.33 bits per heavy atom. The van der Waals surface area contributed by atoms with Crippen LogP contribution >= 0.6 is 0 Å². The average molecular weight is 249 g/mol. The molecule has 0 saturated carbocycles. The van der Waals surface area contributed by atoms with Gasteiger partial charge in [0.05, 0.1) is 7.11 Å². The number of rotatable bonds is 2. The molecule has 1 aliphatic heterocycles. The zero-order valence-electron chi connectivity index (χ0n) is 10.6. The number of ether oxygens (including phenoxy) is 1. The van der Waals surface area contributed by atoms with Gasteiger partial charge < -0.3 is 4.74 Å². The molecule has 0 aliphatic carbocycles. The predicted octanol–water partition coefficient (Wildman–Crippen LogP) is 2.71. The smallest absolute Gasteiger partial charge is 0.385 e. The van der Waals surface area contributed by atoms with Crippen molar-refractivity contribution >= 4 is 11.7 Å². The molecule has 1 aromatic rings. The number of nitrogens with zero attached hydrogens (tertiary/aromatic N) is 3. The van der Waals surface area contributed by atoms with Crippen molar-refractivity contribution < 1.29 is 14.4 Å². The van der Waals surface area contributed by atoms with Crippen LogP contribution in [0.2, 0.25) is 0 Å². The summed E-state index contributed by atoms with van der Waals surface area (Å²) in [5.41, 5.74) is 1.65. The van der Waals surface area contributed by atoms with Gasteiger partial charge in [0.1, 0.15) is 11.8 Å². The molecule has 1 heterocycles.